The van der Waals surface area contributed by atoms with Crippen molar-refractivity contribution in [3.63, 3.8) is 0 Å². The van der Waals surface area contributed by atoms with Crippen molar-refractivity contribution in [2.24, 2.45) is 23.3 Å². The van der Waals surface area contributed by atoms with Crippen molar-refractivity contribution >= 4 is 23.6 Å². The van der Waals surface area contributed by atoms with Crippen LogP contribution < -0.4 is 27.4 Å². The number of nitrogens with one attached hydrogen (secondary N) is 3. The summed E-state index contributed by atoms with van der Waals surface area (Å²) < 4.78 is 0. The summed E-state index contributed by atoms with van der Waals surface area (Å²) in [6.45, 7) is 10.7. The van der Waals surface area contributed by atoms with Crippen molar-refractivity contribution in [1.29, 1.82) is 0 Å². The molecule has 4 unspecified atom stereocenters. The fraction of sp³-hybridized carbons (Fsp3) is 0.778. The zero-order valence-corrected chi connectivity index (χ0v) is 17.2. The molecule has 0 fully saturated rings. The lowest BCUT2D eigenvalue weighted by Crippen LogP contribution is -2.56. The van der Waals surface area contributed by atoms with Gasteiger partial charge in [0.05, 0.1) is 6.04 Å². The van der Waals surface area contributed by atoms with Crippen molar-refractivity contribution in [2.75, 3.05) is 0 Å². The van der Waals surface area contributed by atoms with Crippen LogP contribution in [0.15, 0.2) is 0 Å². The first kappa shape index (κ1) is 24.8. The highest BCUT2D eigenvalue weighted by atomic mass is 16.2. The number of hydrogen-bond donors (Lipinski definition) is 5. The first-order chi connectivity index (χ1) is 12.3. The molecule has 0 rings (SSSR count). The Morgan fingerprint density at radius 2 is 1.19 bits per heavy atom. The van der Waals surface area contributed by atoms with Crippen molar-refractivity contribution in [2.45, 2.75) is 78.6 Å². The molecule has 0 aliphatic rings. The van der Waals surface area contributed by atoms with E-state index in [4.69, 9.17) is 11.5 Å². The van der Waals surface area contributed by atoms with Gasteiger partial charge in [-0.25, -0.2) is 0 Å². The van der Waals surface area contributed by atoms with E-state index in [9.17, 15) is 19.2 Å². The van der Waals surface area contributed by atoms with Crippen LogP contribution in [0.25, 0.3) is 0 Å². The van der Waals surface area contributed by atoms with Gasteiger partial charge in [-0.15, -0.1) is 0 Å². The normalized spacial score (nSPS) is 15.6. The van der Waals surface area contributed by atoms with Gasteiger partial charge in [-0.3, -0.25) is 19.2 Å². The molecule has 0 saturated heterocycles. The summed E-state index contributed by atoms with van der Waals surface area (Å²) in [5, 5.41) is 7.65. The monoisotopic (exact) mass is 385 g/mol. The molecule has 0 aromatic rings. The van der Waals surface area contributed by atoms with E-state index in [0.717, 1.165) is 0 Å². The fourth-order valence-corrected chi connectivity index (χ4v) is 2.39. The average molecular weight is 386 g/mol. The molecule has 0 spiro atoms. The molecule has 0 aliphatic carbocycles. The van der Waals surface area contributed by atoms with Gasteiger partial charge in [0, 0.05) is 0 Å². The largest absolute Gasteiger partial charge is 0.368 e. The third-order valence-electron chi connectivity index (χ3n) is 3.94. The number of primary amides is 1. The van der Waals surface area contributed by atoms with Gasteiger partial charge in [-0.1, -0.05) is 27.7 Å². The van der Waals surface area contributed by atoms with E-state index < -0.39 is 47.8 Å². The summed E-state index contributed by atoms with van der Waals surface area (Å²) >= 11 is 0. The Morgan fingerprint density at radius 3 is 1.63 bits per heavy atom. The van der Waals surface area contributed by atoms with E-state index in [1.807, 2.05) is 27.7 Å². The van der Waals surface area contributed by atoms with E-state index in [1.54, 1.807) is 0 Å². The SMILES string of the molecule is CC(C)CC(N)C(=O)NC(C)C(=O)NC(CC(C)C)C(=O)NC(C)C(N)=O. The van der Waals surface area contributed by atoms with E-state index in [0.29, 0.717) is 12.8 Å². The number of rotatable bonds is 11. The van der Waals surface area contributed by atoms with Crippen LogP contribution >= 0.6 is 0 Å². The lowest BCUT2D eigenvalue weighted by atomic mass is 10.0. The highest BCUT2D eigenvalue weighted by molar-refractivity contribution is 5.94. The van der Waals surface area contributed by atoms with Crippen LogP contribution in [0.2, 0.25) is 0 Å². The molecule has 0 aromatic heterocycles. The van der Waals surface area contributed by atoms with Gasteiger partial charge in [0.2, 0.25) is 23.6 Å². The predicted octanol–water partition coefficient (Wildman–Crippen LogP) is -0.615. The number of carbonyl (C=O) groups is 4. The molecule has 4 atom stereocenters. The summed E-state index contributed by atoms with van der Waals surface area (Å²) in [6.07, 6.45) is 0.875. The van der Waals surface area contributed by atoms with E-state index in [2.05, 4.69) is 16.0 Å². The van der Waals surface area contributed by atoms with Gasteiger partial charge in [-0.05, 0) is 38.5 Å². The molecular formula is C18H35N5O4. The summed E-state index contributed by atoms with van der Waals surface area (Å²) in [4.78, 5) is 48.0. The van der Waals surface area contributed by atoms with Crippen molar-refractivity contribution < 1.29 is 19.2 Å². The third-order valence-corrected chi connectivity index (χ3v) is 3.94. The first-order valence-electron chi connectivity index (χ1n) is 9.31. The van der Waals surface area contributed by atoms with Crippen molar-refractivity contribution in [3.05, 3.63) is 0 Å². The zero-order chi connectivity index (χ0) is 21.3. The van der Waals surface area contributed by atoms with Crippen LogP contribution in [-0.2, 0) is 19.2 Å². The van der Waals surface area contributed by atoms with E-state index >= 15 is 0 Å². The minimum atomic E-state index is -0.855. The molecule has 0 aliphatic heterocycles. The molecule has 156 valence electrons. The third kappa shape index (κ3) is 9.93. The minimum Gasteiger partial charge on any atom is -0.368 e. The molecule has 0 saturated carbocycles. The second-order valence-corrected chi connectivity index (χ2v) is 7.79. The Morgan fingerprint density at radius 1 is 0.704 bits per heavy atom. The molecule has 7 N–H and O–H groups in total. The quantitative estimate of drug-likeness (QED) is 0.320. The number of carbonyl (C=O) groups excluding carboxylic acids is 4. The van der Waals surface area contributed by atoms with Gasteiger partial charge >= 0.3 is 0 Å². The number of nitrogens with two attached hydrogens (primary N) is 2. The average Bonchev–Trinajstić information content (AvgIpc) is 2.52. The fourth-order valence-electron chi connectivity index (χ4n) is 2.39. The van der Waals surface area contributed by atoms with Crippen LogP contribution in [-0.4, -0.2) is 47.8 Å². The second-order valence-electron chi connectivity index (χ2n) is 7.79. The van der Waals surface area contributed by atoms with Gasteiger partial charge in [-0.2, -0.15) is 0 Å². The smallest absolute Gasteiger partial charge is 0.243 e. The van der Waals surface area contributed by atoms with Crippen molar-refractivity contribution in [3.8, 4) is 0 Å². The molecule has 9 heteroatoms. The number of hydrogen-bond acceptors (Lipinski definition) is 5. The predicted molar refractivity (Wildman–Crippen MR) is 103 cm³/mol. The molecule has 4 amide bonds. The Kier molecular flexibility index (Phi) is 10.6. The highest BCUT2D eigenvalue weighted by Gasteiger charge is 2.27. The molecule has 27 heavy (non-hydrogen) atoms. The van der Waals surface area contributed by atoms with Gasteiger partial charge < -0.3 is 27.4 Å². The first-order valence-corrected chi connectivity index (χ1v) is 9.31. The summed E-state index contributed by atoms with van der Waals surface area (Å²) in [5.74, 6) is -1.72. The molecular weight excluding hydrogens is 350 g/mol. The summed E-state index contributed by atoms with van der Waals surface area (Å²) in [6, 6.07) is -3.25. The Labute approximate surface area is 161 Å². The Bertz CT molecular complexity index is 536. The molecule has 9 nitrogen and oxygen atoms in total. The topological polar surface area (TPSA) is 156 Å². The number of amides is 4. The van der Waals surface area contributed by atoms with Gasteiger partial charge in [0.25, 0.3) is 0 Å². The van der Waals surface area contributed by atoms with Crippen LogP contribution in [0.5, 0.6) is 0 Å². The Hall–Kier alpha value is -2.16. The Balaban J connectivity index is 4.89. The van der Waals surface area contributed by atoms with Crippen LogP contribution in [0.4, 0.5) is 0 Å². The van der Waals surface area contributed by atoms with Gasteiger partial charge in [0.15, 0.2) is 0 Å². The maximum Gasteiger partial charge on any atom is 0.243 e. The zero-order valence-electron chi connectivity index (χ0n) is 17.2. The standard InChI is InChI=1S/C18H35N5O4/c1-9(2)7-13(19)17(26)22-12(6)16(25)23-14(8-10(3)4)18(27)21-11(5)15(20)24/h9-14H,7-8,19H2,1-6H3,(H2,20,24)(H,21,27)(H,22,26)(H,23,25). The second kappa shape index (κ2) is 11.5. The van der Waals surface area contributed by atoms with Gasteiger partial charge in [0.1, 0.15) is 18.1 Å². The summed E-state index contributed by atoms with van der Waals surface area (Å²) in [7, 11) is 0. The highest BCUT2D eigenvalue weighted by Crippen LogP contribution is 2.06. The maximum atomic E-state index is 12.4. The lowest BCUT2D eigenvalue weighted by molar-refractivity contribution is -0.133. The van der Waals surface area contributed by atoms with Crippen LogP contribution in [0, 0.1) is 11.8 Å². The van der Waals surface area contributed by atoms with E-state index in [-0.39, 0.29) is 11.8 Å². The molecule has 0 aromatic carbocycles. The van der Waals surface area contributed by atoms with Crippen LogP contribution in [0.1, 0.15) is 54.4 Å². The molecule has 0 radical (unpaired) electrons. The summed E-state index contributed by atoms with van der Waals surface area (Å²) in [5.41, 5.74) is 11.0. The molecule has 0 bridgehead atoms. The van der Waals surface area contributed by atoms with Crippen molar-refractivity contribution in [1.82, 2.24) is 16.0 Å². The maximum absolute atomic E-state index is 12.4. The minimum absolute atomic E-state index is 0.120. The van der Waals surface area contributed by atoms with E-state index in [1.165, 1.54) is 13.8 Å². The van der Waals surface area contributed by atoms with Crippen LogP contribution in [0.3, 0.4) is 0 Å². The molecule has 0 heterocycles. The lowest BCUT2D eigenvalue weighted by Gasteiger charge is -2.24.